The number of fused-ring (bicyclic) bond motifs is 1. The maximum Gasteiger partial charge on any atom is 0.271 e. The minimum atomic E-state index is -0.629. The van der Waals surface area contributed by atoms with Crippen LogP contribution in [0, 0.1) is 0 Å². The number of rotatable bonds is 6. The van der Waals surface area contributed by atoms with Crippen molar-refractivity contribution in [2.24, 2.45) is 0 Å². The van der Waals surface area contributed by atoms with Crippen LogP contribution in [0.2, 0.25) is 0 Å². The maximum atomic E-state index is 12.9. The molecule has 0 aliphatic carbocycles. The number of aliphatic hydroxyl groups is 1. The lowest BCUT2D eigenvalue weighted by Gasteiger charge is -2.28. The molecule has 4 rings (SSSR count). The Morgan fingerprint density at radius 2 is 2.00 bits per heavy atom. The van der Waals surface area contributed by atoms with Gasteiger partial charge in [-0.25, -0.2) is 4.98 Å². The van der Waals surface area contributed by atoms with Crippen molar-refractivity contribution in [2.45, 2.75) is 12.6 Å². The van der Waals surface area contributed by atoms with Gasteiger partial charge in [0, 0.05) is 24.5 Å². The van der Waals surface area contributed by atoms with Crippen LogP contribution in [-0.4, -0.2) is 65.6 Å². The summed E-state index contributed by atoms with van der Waals surface area (Å²) in [6, 6.07) is 9.65. The van der Waals surface area contributed by atoms with Crippen molar-refractivity contribution in [3.05, 3.63) is 47.0 Å². The number of methoxy groups -OCH3 is 1. The molecule has 0 spiro atoms. The molecule has 0 radical (unpaired) electrons. The Labute approximate surface area is 166 Å². The minimum Gasteiger partial charge on any atom is -0.497 e. The highest BCUT2D eigenvalue weighted by Gasteiger charge is 2.17. The second-order valence-corrected chi connectivity index (χ2v) is 7.87. The highest BCUT2D eigenvalue weighted by Crippen LogP contribution is 2.31. The second-order valence-electron chi connectivity index (χ2n) is 6.82. The molecule has 1 aliphatic heterocycles. The number of benzene rings is 1. The van der Waals surface area contributed by atoms with Gasteiger partial charge in [-0.1, -0.05) is 0 Å². The summed E-state index contributed by atoms with van der Waals surface area (Å²) < 4.78 is 12.6. The van der Waals surface area contributed by atoms with E-state index >= 15 is 0 Å². The van der Waals surface area contributed by atoms with Crippen molar-refractivity contribution in [1.29, 1.82) is 0 Å². The van der Waals surface area contributed by atoms with Gasteiger partial charge >= 0.3 is 0 Å². The number of nitrogens with zero attached hydrogens (tertiary/aromatic N) is 3. The van der Waals surface area contributed by atoms with Crippen LogP contribution in [0.4, 0.5) is 0 Å². The summed E-state index contributed by atoms with van der Waals surface area (Å²) in [5.74, 6) is 0.791. The molecule has 1 aromatic carbocycles. The van der Waals surface area contributed by atoms with E-state index in [0.717, 1.165) is 29.3 Å². The Morgan fingerprint density at radius 1 is 1.25 bits per heavy atom. The van der Waals surface area contributed by atoms with Gasteiger partial charge in [0.25, 0.3) is 5.56 Å². The lowest BCUT2D eigenvalue weighted by atomic mass is 10.2. The molecule has 28 heavy (non-hydrogen) atoms. The summed E-state index contributed by atoms with van der Waals surface area (Å²) in [6.07, 6.45) is 0.897. The molecule has 1 N–H and O–H groups in total. The fourth-order valence-corrected chi connectivity index (χ4v) is 4.40. The number of hydrogen-bond donors (Lipinski definition) is 1. The van der Waals surface area contributed by atoms with Crippen LogP contribution in [0.1, 0.15) is 0 Å². The summed E-state index contributed by atoms with van der Waals surface area (Å²) >= 11 is 1.42. The number of β-amino-alcohol motifs (C(OH)–C–C–N with tert-alkyl or cyclic N) is 1. The van der Waals surface area contributed by atoms with Gasteiger partial charge in [0.2, 0.25) is 0 Å². The fraction of sp³-hybridized carbons (Fsp3) is 0.400. The molecular weight excluding hydrogens is 378 g/mol. The Bertz CT molecular complexity index is 993. The zero-order valence-corrected chi connectivity index (χ0v) is 16.5. The van der Waals surface area contributed by atoms with Crippen LogP contribution in [0.3, 0.4) is 0 Å². The van der Waals surface area contributed by atoms with Gasteiger partial charge in [0.1, 0.15) is 10.4 Å². The molecule has 0 unspecified atom stereocenters. The molecule has 1 fully saturated rings. The number of thiophene rings is 1. The van der Waals surface area contributed by atoms with E-state index < -0.39 is 6.10 Å². The Hall–Kier alpha value is -2.26. The molecule has 1 atom stereocenters. The Kier molecular flexibility index (Phi) is 5.72. The van der Waals surface area contributed by atoms with Crippen LogP contribution < -0.4 is 10.3 Å². The third-order valence-electron chi connectivity index (χ3n) is 4.86. The lowest BCUT2D eigenvalue weighted by molar-refractivity contribution is 0.0113. The van der Waals surface area contributed by atoms with Crippen LogP contribution in [0.15, 0.2) is 41.5 Å². The molecule has 3 heterocycles. The van der Waals surface area contributed by atoms with Gasteiger partial charge in [-0.2, -0.15) is 0 Å². The van der Waals surface area contributed by atoms with Crippen molar-refractivity contribution in [2.75, 3.05) is 40.0 Å². The molecule has 0 saturated carbocycles. The molecule has 0 amide bonds. The maximum absolute atomic E-state index is 12.9. The van der Waals surface area contributed by atoms with E-state index in [-0.39, 0.29) is 12.1 Å². The SMILES string of the molecule is COc1ccc(-c2cc3ncn(C[C@H](O)CN4CCOCC4)c(=O)c3s2)cc1. The first-order valence-corrected chi connectivity index (χ1v) is 10.1. The van der Waals surface area contributed by atoms with Gasteiger partial charge in [0.05, 0.1) is 44.8 Å². The molecule has 1 aliphatic rings. The summed E-state index contributed by atoms with van der Waals surface area (Å²) in [5.41, 5.74) is 1.58. The van der Waals surface area contributed by atoms with E-state index in [1.807, 2.05) is 30.3 Å². The van der Waals surface area contributed by atoms with E-state index in [9.17, 15) is 9.90 Å². The number of aliphatic hydroxyl groups excluding tert-OH is 1. The van der Waals surface area contributed by atoms with Crippen LogP contribution in [-0.2, 0) is 11.3 Å². The van der Waals surface area contributed by atoms with Gasteiger partial charge in [-0.15, -0.1) is 11.3 Å². The summed E-state index contributed by atoms with van der Waals surface area (Å²) in [5, 5.41) is 10.4. The summed E-state index contributed by atoms with van der Waals surface area (Å²) in [7, 11) is 1.63. The average Bonchev–Trinajstić information content (AvgIpc) is 3.16. The topological polar surface area (TPSA) is 76.8 Å². The summed E-state index contributed by atoms with van der Waals surface area (Å²) in [6.45, 7) is 3.73. The largest absolute Gasteiger partial charge is 0.497 e. The van der Waals surface area contributed by atoms with Gasteiger partial charge in [0.15, 0.2) is 0 Å². The second kappa shape index (κ2) is 8.40. The predicted molar refractivity (Wildman–Crippen MR) is 109 cm³/mol. The number of aromatic nitrogens is 2. The molecule has 1 saturated heterocycles. The Morgan fingerprint density at radius 3 is 2.71 bits per heavy atom. The molecular formula is C20H23N3O4S. The summed E-state index contributed by atoms with van der Waals surface area (Å²) in [4.78, 5) is 20.4. The van der Waals surface area contributed by atoms with Crippen molar-refractivity contribution < 1.29 is 14.6 Å². The molecule has 0 bridgehead atoms. The van der Waals surface area contributed by atoms with Gasteiger partial charge < -0.3 is 14.6 Å². The fourth-order valence-electron chi connectivity index (χ4n) is 3.34. The number of ether oxygens (including phenoxy) is 2. The van der Waals surface area contributed by atoms with Gasteiger partial charge in [-0.05, 0) is 35.9 Å². The van der Waals surface area contributed by atoms with Gasteiger partial charge in [-0.3, -0.25) is 14.3 Å². The lowest BCUT2D eigenvalue weighted by Crippen LogP contribution is -2.42. The quantitative estimate of drug-likeness (QED) is 0.679. The normalized spacial score (nSPS) is 16.4. The minimum absolute atomic E-state index is 0.115. The third-order valence-corrected chi connectivity index (χ3v) is 6.02. The monoisotopic (exact) mass is 401 g/mol. The van der Waals surface area contributed by atoms with Crippen molar-refractivity contribution in [3.8, 4) is 16.2 Å². The first-order valence-electron chi connectivity index (χ1n) is 9.25. The highest BCUT2D eigenvalue weighted by atomic mass is 32.1. The highest BCUT2D eigenvalue weighted by molar-refractivity contribution is 7.22. The molecule has 7 nitrogen and oxygen atoms in total. The van der Waals surface area contributed by atoms with Crippen molar-refractivity contribution >= 4 is 21.6 Å². The first-order chi connectivity index (χ1) is 13.6. The number of hydrogen-bond acceptors (Lipinski definition) is 7. The molecule has 148 valence electrons. The number of morpholine rings is 1. The standard InChI is InChI=1S/C20H23N3O4S/c1-26-16-4-2-14(3-5-16)18-10-17-19(28-18)20(25)23(13-21-17)12-15(24)11-22-6-8-27-9-7-22/h2-5,10,13,15,24H,6-9,11-12H2,1H3/t15-/m1/s1. The smallest absolute Gasteiger partial charge is 0.271 e. The molecule has 3 aromatic rings. The molecule has 8 heteroatoms. The van der Waals surface area contributed by atoms with Crippen molar-refractivity contribution in [1.82, 2.24) is 14.5 Å². The zero-order chi connectivity index (χ0) is 19.5. The third kappa shape index (κ3) is 4.10. The van der Waals surface area contributed by atoms with E-state index in [4.69, 9.17) is 9.47 Å². The first kappa shape index (κ1) is 19.1. The van der Waals surface area contributed by atoms with E-state index in [1.165, 1.54) is 22.2 Å². The van der Waals surface area contributed by atoms with Crippen molar-refractivity contribution in [3.63, 3.8) is 0 Å². The Balaban J connectivity index is 1.53. The van der Waals surface area contributed by atoms with Crippen LogP contribution in [0.5, 0.6) is 5.75 Å². The van der Waals surface area contributed by atoms with Crippen LogP contribution in [0.25, 0.3) is 20.7 Å². The van der Waals surface area contributed by atoms with E-state index in [1.54, 1.807) is 7.11 Å². The van der Waals surface area contributed by atoms with Crippen LogP contribution >= 0.6 is 11.3 Å². The average molecular weight is 401 g/mol. The predicted octanol–water partition coefficient (Wildman–Crippen LogP) is 1.83. The molecule has 2 aromatic heterocycles. The van der Waals surface area contributed by atoms with E-state index in [2.05, 4.69) is 9.88 Å². The van der Waals surface area contributed by atoms with E-state index in [0.29, 0.717) is 30.0 Å². The zero-order valence-electron chi connectivity index (χ0n) is 15.7.